The van der Waals surface area contributed by atoms with E-state index in [4.69, 9.17) is 9.94 Å². The van der Waals surface area contributed by atoms with Gasteiger partial charge < -0.3 is 9.30 Å². The zero-order valence-corrected chi connectivity index (χ0v) is 18.4. The molecule has 0 aliphatic rings. The fraction of sp³-hybridized carbons (Fsp3) is 0.227. The molecule has 3 rings (SSSR count). The van der Waals surface area contributed by atoms with Gasteiger partial charge in [0, 0.05) is 37.3 Å². The standard InChI is InChI=1S/C22H23N3O6S/c1-22(21(27)24-28,32(2,29)30)11-14-25-13-10-17(15-20(25)26)16-6-8-18(9-7-16)31-19-5-3-4-12-23-19/h3-10,12-13,15,28H,11,14H2,1-2H3,(H,24,27)/t22-/m1/s1. The Morgan fingerprint density at radius 2 is 1.88 bits per heavy atom. The van der Waals surface area contributed by atoms with Gasteiger partial charge in [0.1, 0.15) is 5.75 Å². The summed E-state index contributed by atoms with van der Waals surface area (Å²) in [5.74, 6) is 0.0273. The minimum Gasteiger partial charge on any atom is -0.439 e. The number of nitrogens with zero attached hydrogens (tertiary/aromatic N) is 2. The van der Waals surface area contributed by atoms with Gasteiger partial charge in [-0.15, -0.1) is 0 Å². The first-order valence-electron chi connectivity index (χ1n) is 9.68. The maximum Gasteiger partial charge on any atom is 0.264 e. The second-order valence-corrected chi connectivity index (χ2v) is 9.88. The van der Waals surface area contributed by atoms with Crippen molar-refractivity contribution < 1.29 is 23.2 Å². The highest BCUT2D eigenvalue weighted by Gasteiger charge is 2.43. The number of hydrogen-bond acceptors (Lipinski definition) is 7. The average molecular weight is 458 g/mol. The number of ether oxygens (including phenoxy) is 1. The van der Waals surface area contributed by atoms with E-state index in [1.165, 1.54) is 29.2 Å². The van der Waals surface area contributed by atoms with Crippen LogP contribution in [0, 0.1) is 0 Å². The van der Waals surface area contributed by atoms with Crippen LogP contribution in [0.5, 0.6) is 11.6 Å². The molecular formula is C22H23N3O6S. The van der Waals surface area contributed by atoms with Crippen LogP contribution in [0.25, 0.3) is 11.1 Å². The van der Waals surface area contributed by atoms with Gasteiger partial charge in [0.25, 0.3) is 11.5 Å². The van der Waals surface area contributed by atoms with Crippen LogP contribution in [0.3, 0.4) is 0 Å². The van der Waals surface area contributed by atoms with E-state index in [1.807, 2.05) is 18.2 Å². The number of sulfone groups is 1. The summed E-state index contributed by atoms with van der Waals surface area (Å²) in [5.41, 5.74) is 2.51. The highest BCUT2D eigenvalue weighted by atomic mass is 32.2. The van der Waals surface area contributed by atoms with Gasteiger partial charge in [-0.1, -0.05) is 18.2 Å². The van der Waals surface area contributed by atoms with E-state index in [0.717, 1.165) is 11.8 Å². The Labute approximate surface area is 185 Å². The van der Waals surface area contributed by atoms with Crippen LogP contribution in [0.15, 0.2) is 71.8 Å². The smallest absolute Gasteiger partial charge is 0.264 e. The van der Waals surface area contributed by atoms with E-state index in [9.17, 15) is 18.0 Å². The third-order valence-electron chi connectivity index (χ3n) is 5.27. The molecule has 1 aromatic carbocycles. The second-order valence-electron chi connectivity index (χ2n) is 7.44. The molecule has 0 aliphatic carbocycles. The Kier molecular flexibility index (Phi) is 6.75. The van der Waals surface area contributed by atoms with Gasteiger partial charge in [-0.05, 0) is 48.7 Å². The monoisotopic (exact) mass is 457 g/mol. The molecule has 0 fully saturated rings. The van der Waals surface area contributed by atoms with E-state index in [1.54, 1.807) is 36.5 Å². The van der Waals surface area contributed by atoms with Crippen LogP contribution < -0.4 is 15.8 Å². The summed E-state index contributed by atoms with van der Waals surface area (Å²) in [6.45, 7) is 1.19. The van der Waals surface area contributed by atoms with Crippen molar-refractivity contribution in [2.24, 2.45) is 0 Å². The average Bonchev–Trinajstić information content (AvgIpc) is 2.78. The van der Waals surface area contributed by atoms with Crippen LogP contribution in [0.1, 0.15) is 13.3 Å². The number of aryl methyl sites for hydroxylation is 1. The molecule has 0 saturated heterocycles. The van der Waals surface area contributed by atoms with Crippen molar-refractivity contribution in [3.8, 4) is 22.8 Å². The number of benzene rings is 1. The number of carbonyl (C=O) groups excluding carboxylic acids is 1. The van der Waals surface area contributed by atoms with E-state index in [0.29, 0.717) is 17.2 Å². The number of aromatic nitrogens is 2. The van der Waals surface area contributed by atoms with Gasteiger partial charge in [0.15, 0.2) is 14.6 Å². The summed E-state index contributed by atoms with van der Waals surface area (Å²) in [6, 6.07) is 15.7. The Hall–Kier alpha value is -3.50. The zero-order chi connectivity index (χ0) is 23.4. The first-order chi connectivity index (χ1) is 15.1. The minimum atomic E-state index is -3.84. The molecule has 2 aromatic heterocycles. The molecule has 2 heterocycles. The third-order valence-corrected chi connectivity index (χ3v) is 7.30. The largest absolute Gasteiger partial charge is 0.439 e. The van der Waals surface area contributed by atoms with Crippen molar-refractivity contribution >= 4 is 15.7 Å². The maximum absolute atomic E-state index is 12.6. The Balaban J connectivity index is 1.75. The van der Waals surface area contributed by atoms with Gasteiger partial charge in [-0.3, -0.25) is 14.8 Å². The lowest BCUT2D eigenvalue weighted by Gasteiger charge is -2.25. The molecule has 1 atom stereocenters. The molecule has 168 valence electrons. The summed E-state index contributed by atoms with van der Waals surface area (Å²) in [7, 11) is -3.84. The molecule has 0 saturated carbocycles. The molecule has 3 aromatic rings. The zero-order valence-electron chi connectivity index (χ0n) is 17.6. The molecule has 1 amide bonds. The topological polar surface area (TPSA) is 128 Å². The molecule has 0 radical (unpaired) electrons. The number of hydrogen-bond donors (Lipinski definition) is 2. The Bertz CT molecular complexity index is 1260. The van der Waals surface area contributed by atoms with E-state index in [2.05, 4.69) is 4.98 Å². The van der Waals surface area contributed by atoms with E-state index < -0.39 is 20.5 Å². The van der Waals surface area contributed by atoms with E-state index >= 15 is 0 Å². The first kappa shape index (κ1) is 23.2. The number of nitrogens with one attached hydrogen (secondary N) is 1. The van der Waals surface area contributed by atoms with Gasteiger partial charge >= 0.3 is 0 Å². The fourth-order valence-electron chi connectivity index (χ4n) is 3.04. The predicted octanol–water partition coefficient (Wildman–Crippen LogP) is 2.40. The van der Waals surface area contributed by atoms with Crippen molar-refractivity contribution in [2.45, 2.75) is 24.6 Å². The van der Waals surface area contributed by atoms with E-state index in [-0.39, 0.29) is 18.5 Å². The molecule has 2 N–H and O–H groups in total. The van der Waals surface area contributed by atoms with Crippen molar-refractivity contribution in [3.63, 3.8) is 0 Å². The van der Waals surface area contributed by atoms with Crippen LogP contribution in [0.2, 0.25) is 0 Å². The summed E-state index contributed by atoms with van der Waals surface area (Å²) in [5, 5.41) is 8.91. The molecule has 0 bridgehead atoms. The van der Waals surface area contributed by atoms with Gasteiger partial charge in [-0.25, -0.2) is 18.9 Å². The Morgan fingerprint density at radius 1 is 1.16 bits per heavy atom. The molecule has 0 aliphatic heterocycles. The van der Waals surface area contributed by atoms with Crippen LogP contribution >= 0.6 is 0 Å². The van der Waals surface area contributed by atoms with Crippen LogP contribution in [-0.2, 0) is 21.2 Å². The van der Waals surface area contributed by atoms with Gasteiger partial charge in [0.05, 0.1) is 0 Å². The Morgan fingerprint density at radius 3 is 2.44 bits per heavy atom. The first-order valence-corrected chi connectivity index (χ1v) is 11.6. The maximum atomic E-state index is 12.6. The van der Waals surface area contributed by atoms with Crippen LogP contribution in [0.4, 0.5) is 0 Å². The lowest BCUT2D eigenvalue weighted by atomic mass is 10.1. The van der Waals surface area contributed by atoms with Crippen molar-refractivity contribution in [1.29, 1.82) is 0 Å². The number of hydroxylamine groups is 1. The third kappa shape index (κ3) is 5.04. The number of pyridine rings is 2. The summed E-state index contributed by atoms with van der Waals surface area (Å²) in [6.07, 6.45) is 3.90. The molecule has 10 heteroatoms. The lowest BCUT2D eigenvalue weighted by Crippen LogP contribution is -2.49. The molecule has 0 unspecified atom stereocenters. The fourth-order valence-corrected chi connectivity index (χ4v) is 3.88. The predicted molar refractivity (Wildman–Crippen MR) is 118 cm³/mol. The summed E-state index contributed by atoms with van der Waals surface area (Å²) < 4.78 is 29.2. The molecule has 0 spiro atoms. The van der Waals surface area contributed by atoms with Crippen molar-refractivity contribution in [3.05, 3.63) is 77.3 Å². The normalized spacial score (nSPS) is 13.2. The SMILES string of the molecule is C[C@@](CCn1ccc(-c2ccc(Oc3ccccn3)cc2)cc1=O)(C(=O)NO)S(C)(=O)=O. The van der Waals surface area contributed by atoms with Gasteiger partial charge in [0.2, 0.25) is 5.88 Å². The highest BCUT2D eigenvalue weighted by molar-refractivity contribution is 7.92. The minimum absolute atomic E-state index is 0.0209. The molecule has 32 heavy (non-hydrogen) atoms. The quantitative estimate of drug-likeness (QED) is 0.393. The second kappa shape index (κ2) is 9.33. The molecule has 9 nitrogen and oxygen atoms in total. The molecular weight excluding hydrogens is 434 g/mol. The van der Waals surface area contributed by atoms with Crippen molar-refractivity contribution in [1.82, 2.24) is 15.0 Å². The lowest BCUT2D eigenvalue weighted by molar-refractivity contribution is -0.131. The summed E-state index contributed by atoms with van der Waals surface area (Å²) in [4.78, 5) is 28.6. The van der Waals surface area contributed by atoms with Crippen LogP contribution in [-0.4, -0.2) is 40.1 Å². The number of carbonyl (C=O) groups is 1. The number of rotatable bonds is 8. The highest BCUT2D eigenvalue weighted by Crippen LogP contribution is 2.25. The number of amides is 1. The van der Waals surface area contributed by atoms with Crippen molar-refractivity contribution in [2.75, 3.05) is 6.26 Å². The van der Waals surface area contributed by atoms with Gasteiger partial charge in [-0.2, -0.15) is 0 Å². The summed E-state index contributed by atoms with van der Waals surface area (Å²) >= 11 is 0.